The van der Waals surface area contributed by atoms with Gasteiger partial charge in [0.05, 0.1) is 6.57 Å². The second-order valence-electron chi connectivity index (χ2n) is 3.39. The Kier molecular flexibility index (Phi) is 4.28. The fraction of sp³-hybridized carbons (Fsp3) is 0.231. The lowest BCUT2D eigenvalue weighted by molar-refractivity contribution is 1.32. The van der Waals surface area contributed by atoms with E-state index >= 15 is 0 Å². The highest BCUT2D eigenvalue weighted by Crippen LogP contribution is 2.13. The van der Waals surface area contributed by atoms with Gasteiger partial charge in [-0.25, -0.2) is 4.85 Å². The molecule has 0 atom stereocenters. The van der Waals surface area contributed by atoms with Crippen molar-refractivity contribution in [1.82, 2.24) is 0 Å². The van der Waals surface area contributed by atoms with Crippen molar-refractivity contribution in [3.8, 4) is 0 Å². The molecule has 3 heteroatoms. The predicted molar refractivity (Wildman–Crippen MR) is 68.4 cm³/mol. The quantitative estimate of drug-likeness (QED) is 0.605. The minimum absolute atomic E-state index is 0.575. The van der Waals surface area contributed by atoms with E-state index in [1.165, 1.54) is 0 Å². The van der Waals surface area contributed by atoms with Gasteiger partial charge in [-0.15, -0.1) is 0 Å². The van der Waals surface area contributed by atoms with Crippen LogP contribution in [0.4, 0.5) is 5.69 Å². The number of benzene rings is 1. The number of allylic oxidation sites excluding steroid dienone is 2. The maximum Gasteiger partial charge on any atom is 0.225 e. The number of rotatable bonds is 3. The Labute approximate surface area is 96.3 Å². The normalized spacial score (nSPS) is 12.8. The average molecular weight is 213 g/mol. The molecule has 0 aliphatic heterocycles. The van der Waals surface area contributed by atoms with Crippen molar-refractivity contribution in [2.24, 2.45) is 4.99 Å². The van der Waals surface area contributed by atoms with Crippen molar-refractivity contribution in [1.29, 1.82) is 0 Å². The molecule has 82 valence electrons. The summed E-state index contributed by atoms with van der Waals surface area (Å²) in [6, 6.07) is 9.79. The fourth-order valence-corrected chi connectivity index (χ4v) is 1.34. The minimum atomic E-state index is 0.575. The van der Waals surface area contributed by atoms with E-state index in [4.69, 9.17) is 6.57 Å². The van der Waals surface area contributed by atoms with Crippen LogP contribution in [-0.4, -0.2) is 12.8 Å². The van der Waals surface area contributed by atoms with Crippen LogP contribution in [0.25, 0.3) is 4.85 Å². The molecule has 0 spiro atoms. The van der Waals surface area contributed by atoms with Crippen molar-refractivity contribution in [3.63, 3.8) is 0 Å². The number of anilines is 1. The summed E-state index contributed by atoms with van der Waals surface area (Å²) in [6.45, 7) is 10.9. The second-order valence-corrected chi connectivity index (χ2v) is 3.39. The van der Waals surface area contributed by atoms with Crippen LogP contribution in [0.15, 0.2) is 46.7 Å². The zero-order valence-electron chi connectivity index (χ0n) is 9.78. The summed E-state index contributed by atoms with van der Waals surface area (Å²) in [5.41, 5.74) is 3.12. The highest BCUT2D eigenvalue weighted by Gasteiger charge is 2.05. The Morgan fingerprint density at radius 2 is 1.88 bits per heavy atom. The molecule has 0 aliphatic carbocycles. The number of aliphatic imine (C=N–C) groups is 1. The smallest absolute Gasteiger partial charge is 0.225 e. The first kappa shape index (κ1) is 12.0. The summed E-state index contributed by atoms with van der Waals surface area (Å²) >= 11 is 0. The third kappa shape index (κ3) is 2.96. The zero-order valence-corrected chi connectivity index (χ0v) is 9.78. The number of hydrogen-bond donors (Lipinski definition) is 1. The lowest BCUT2D eigenvalue weighted by atomic mass is 10.2. The fourth-order valence-electron chi connectivity index (χ4n) is 1.34. The molecule has 0 fully saturated rings. The molecule has 0 radical (unpaired) electrons. The Hall–Kier alpha value is -2.08. The van der Waals surface area contributed by atoms with Crippen LogP contribution >= 0.6 is 0 Å². The molecule has 0 aliphatic rings. The van der Waals surface area contributed by atoms with Gasteiger partial charge in [0.25, 0.3) is 0 Å². The van der Waals surface area contributed by atoms with E-state index in [0.717, 1.165) is 17.1 Å². The van der Waals surface area contributed by atoms with E-state index in [-0.39, 0.29) is 0 Å². The van der Waals surface area contributed by atoms with Crippen LogP contribution in [0.1, 0.15) is 13.8 Å². The van der Waals surface area contributed by atoms with Gasteiger partial charge in [-0.05, 0) is 26.0 Å². The topological polar surface area (TPSA) is 28.8 Å². The standard InChI is InChI=1S/C13H15N3/c1-10(14-3)13(15-4)11(2)16-12-8-6-5-7-9-12/h5-9,16H,1-3H3/b13-11+,14-10?. The number of para-hydroxylation sites is 1. The number of hydrogen-bond acceptors (Lipinski definition) is 2. The van der Waals surface area contributed by atoms with E-state index in [1.807, 2.05) is 44.2 Å². The molecular weight excluding hydrogens is 198 g/mol. The Balaban J connectivity index is 2.97. The van der Waals surface area contributed by atoms with Crippen molar-refractivity contribution in [2.45, 2.75) is 13.8 Å². The van der Waals surface area contributed by atoms with Gasteiger partial charge in [-0.3, -0.25) is 0 Å². The van der Waals surface area contributed by atoms with Crippen LogP contribution in [0.2, 0.25) is 0 Å². The Morgan fingerprint density at radius 3 is 2.38 bits per heavy atom. The molecule has 1 rings (SSSR count). The second kappa shape index (κ2) is 5.72. The predicted octanol–water partition coefficient (Wildman–Crippen LogP) is 3.34. The zero-order chi connectivity index (χ0) is 12.0. The van der Waals surface area contributed by atoms with E-state index in [1.54, 1.807) is 7.05 Å². The monoisotopic (exact) mass is 213 g/mol. The van der Waals surface area contributed by atoms with Gasteiger partial charge in [0.1, 0.15) is 0 Å². The lowest BCUT2D eigenvalue weighted by Gasteiger charge is -2.08. The molecule has 0 saturated heterocycles. The molecule has 0 heterocycles. The summed E-state index contributed by atoms with van der Waals surface area (Å²) in [6.07, 6.45) is 0. The SMILES string of the molecule is [C-]#[N+]/C(C(C)=NC)=C(\C)Nc1ccccc1. The summed E-state index contributed by atoms with van der Waals surface area (Å²) in [7, 11) is 1.69. The lowest BCUT2D eigenvalue weighted by Crippen LogP contribution is -2.04. The molecular formula is C13H15N3. The largest absolute Gasteiger partial charge is 0.369 e. The molecule has 1 aromatic carbocycles. The summed E-state index contributed by atoms with van der Waals surface area (Å²) in [5, 5.41) is 3.19. The van der Waals surface area contributed by atoms with E-state index in [0.29, 0.717) is 5.70 Å². The Morgan fingerprint density at radius 1 is 1.25 bits per heavy atom. The van der Waals surface area contributed by atoms with Gasteiger partial charge < -0.3 is 10.3 Å². The highest BCUT2D eigenvalue weighted by atomic mass is 14.9. The van der Waals surface area contributed by atoms with Crippen molar-refractivity contribution < 1.29 is 0 Å². The van der Waals surface area contributed by atoms with Crippen molar-refractivity contribution >= 4 is 11.4 Å². The maximum atomic E-state index is 7.14. The molecule has 3 nitrogen and oxygen atoms in total. The molecule has 1 N–H and O–H groups in total. The van der Waals surface area contributed by atoms with Crippen LogP contribution in [0.3, 0.4) is 0 Å². The third-order valence-electron chi connectivity index (χ3n) is 2.25. The van der Waals surface area contributed by atoms with E-state index < -0.39 is 0 Å². The molecule has 1 aromatic rings. The first-order chi connectivity index (χ1) is 7.69. The molecule has 0 saturated carbocycles. The van der Waals surface area contributed by atoms with Gasteiger partial charge in [0.15, 0.2) is 0 Å². The molecule has 0 aromatic heterocycles. The van der Waals surface area contributed by atoms with Crippen LogP contribution in [0.5, 0.6) is 0 Å². The van der Waals surface area contributed by atoms with Crippen LogP contribution < -0.4 is 5.32 Å². The van der Waals surface area contributed by atoms with E-state index in [9.17, 15) is 0 Å². The van der Waals surface area contributed by atoms with Crippen molar-refractivity contribution in [3.05, 3.63) is 53.1 Å². The third-order valence-corrected chi connectivity index (χ3v) is 2.25. The number of nitrogens with one attached hydrogen (secondary N) is 1. The van der Waals surface area contributed by atoms with E-state index in [2.05, 4.69) is 15.2 Å². The number of nitrogens with zero attached hydrogens (tertiary/aromatic N) is 2. The minimum Gasteiger partial charge on any atom is -0.369 e. The Bertz CT molecular complexity index is 450. The van der Waals surface area contributed by atoms with Crippen LogP contribution in [0, 0.1) is 6.57 Å². The summed E-state index contributed by atoms with van der Waals surface area (Å²) in [5.74, 6) is 0. The van der Waals surface area contributed by atoms with Gasteiger partial charge in [0, 0.05) is 24.1 Å². The van der Waals surface area contributed by atoms with Gasteiger partial charge in [-0.2, -0.15) is 0 Å². The highest BCUT2D eigenvalue weighted by molar-refractivity contribution is 6.00. The van der Waals surface area contributed by atoms with Gasteiger partial charge in [-0.1, -0.05) is 18.2 Å². The summed E-state index contributed by atoms with van der Waals surface area (Å²) < 4.78 is 0. The molecule has 16 heavy (non-hydrogen) atoms. The molecule has 0 amide bonds. The van der Waals surface area contributed by atoms with Crippen molar-refractivity contribution in [2.75, 3.05) is 12.4 Å². The summed E-state index contributed by atoms with van der Waals surface area (Å²) in [4.78, 5) is 7.52. The first-order valence-corrected chi connectivity index (χ1v) is 5.03. The van der Waals surface area contributed by atoms with Gasteiger partial charge in [0.2, 0.25) is 5.70 Å². The van der Waals surface area contributed by atoms with Gasteiger partial charge >= 0.3 is 0 Å². The maximum absolute atomic E-state index is 7.14. The average Bonchev–Trinajstić information content (AvgIpc) is 2.31. The molecule has 0 unspecified atom stereocenters. The first-order valence-electron chi connectivity index (χ1n) is 5.03. The van der Waals surface area contributed by atoms with Crippen LogP contribution in [-0.2, 0) is 0 Å². The molecule has 0 bridgehead atoms.